The number of rotatable bonds is 6. The Balaban J connectivity index is 2.28. The maximum Gasteiger partial charge on any atom is 0.192 e. The fraction of sp³-hybridized carbons (Fsp3) is 0.619. The highest BCUT2D eigenvalue weighted by Gasteiger charge is 2.38. The number of nitrogens with zero attached hydrogens (tertiary/aromatic N) is 1. The molecule has 146 valence electrons. The topological polar surface area (TPSA) is 34.4 Å². The van der Waals surface area contributed by atoms with Gasteiger partial charge in [0, 0.05) is 45.7 Å². The average molecular weight is 440 g/mol. The van der Waals surface area contributed by atoms with Gasteiger partial charge in [0.25, 0.3) is 0 Å². The van der Waals surface area contributed by atoms with Gasteiger partial charge in [-0.25, -0.2) is 0 Å². The number of aliphatic hydroxyl groups is 1. The molecule has 0 radical (unpaired) electrons. The summed E-state index contributed by atoms with van der Waals surface area (Å²) in [4.78, 5) is 0. The molecule has 3 nitrogen and oxygen atoms in total. The Bertz CT molecular complexity index is 772. The molecule has 1 aromatic heterocycles. The molecule has 2 aromatic rings. The highest BCUT2D eigenvalue weighted by Crippen LogP contribution is 2.38. The van der Waals surface area contributed by atoms with Gasteiger partial charge >= 0.3 is 0 Å². The number of hydrogen-bond donors (Lipinski definition) is 1. The number of halogens is 1. The lowest BCUT2D eigenvalue weighted by atomic mass is 9.95. The second-order valence-corrected chi connectivity index (χ2v) is 15.5. The lowest BCUT2D eigenvalue weighted by molar-refractivity contribution is 0.147. The summed E-state index contributed by atoms with van der Waals surface area (Å²) >= 11 is 3.58. The first kappa shape index (κ1) is 21.7. The Morgan fingerprint density at radius 3 is 2.35 bits per heavy atom. The molecule has 1 heterocycles. The maximum absolute atomic E-state index is 10.2. The molecule has 0 aliphatic carbocycles. The molecule has 0 fully saturated rings. The molecule has 0 bridgehead atoms. The summed E-state index contributed by atoms with van der Waals surface area (Å²) in [6.07, 6.45) is 1.61. The third-order valence-electron chi connectivity index (χ3n) is 5.55. The highest BCUT2D eigenvalue weighted by molar-refractivity contribution is 9.10. The lowest BCUT2D eigenvalue weighted by Gasteiger charge is -2.39. The molecule has 0 amide bonds. The molecule has 0 aliphatic rings. The van der Waals surface area contributed by atoms with Gasteiger partial charge in [0.2, 0.25) is 0 Å². The summed E-state index contributed by atoms with van der Waals surface area (Å²) in [6.45, 7) is 19.4. The maximum atomic E-state index is 10.2. The number of benzene rings is 1. The van der Waals surface area contributed by atoms with Crippen LogP contribution in [0.2, 0.25) is 18.1 Å². The van der Waals surface area contributed by atoms with E-state index in [1.54, 1.807) is 0 Å². The molecule has 5 heteroatoms. The molecule has 1 aromatic carbocycles. The van der Waals surface area contributed by atoms with Crippen molar-refractivity contribution < 1.29 is 9.53 Å². The zero-order chi connectivity index (χ0) is 19.9. The second-order valence-electron chi connectivity index (χ2n) is 9.76. The molecule has 0 saturated carbocycles. The van der Waals surface area contributed by atoms with Crippen LogP contribution in [-0.2, 0) is 11.0 Å². The minimum Gasteiger partial charge on any atom is -0.416 e. The number of fused-ring (bicyclic) bond motifs is 1. The van der Waals surface area contributed by atoms with Crippen LogP contribution in [0.3, 0.4) is 0 Å². The Labute approximate surface area is 168 Å². The van der Waals surface area contributed by atoms with Crippen molar-refractivity contribution in [2.45, 2.75) is 72.3 Å². The number of hydrogen-bond acceptors (Lipinski definition) is 2. The van der Waals surface area contributed by atoms with Crippen molar-refractivity contribution in [3.8, 4) is 0 Å². The van der Waals surface area contributed by atoms with E-state index in [0.717, 1.165) is 34.1 Å². The van der Waals surface area contributed by atoms with Gasteiger partial charge in [0.1, 0.15) is 0 Å². The quantitative estimate of drug-likeness (QED) is 0.520. The summed E-state index contributed by atoms with van der Waals surface area (Å²) in [5.41, 5.74) is 2.13. The van der Waals surface area contributed by atoms with Crippen LogP contribution in [0.5, 0.6) is 0 Å². The van der Waals surface area contributed by atoms with Crippen molar-refractivity contribution in [1.82, 2.24) is 4.57 Å². The SMILES string of the molecule is CC(O)c1cn(CC(C)(C)CO[Si](C)(C)C(C)(C)C)c2cc(Br)ccc12. The van der Waals surface area contributed by atoms with Crippen molar-refractivity contribution in [2.75, 3.05) is 6.61 Å². The first-order valence-corrected chi connectivity index (χ1v) is 13.0. The van der Waals surface area contributed by atoms with Gasteiger partial charge in [-0.3, -0.25) is 0 Å². The highest BCUT2D eigenvalue weighted by atomic mass is 79.9. The van der Waals surface area contributed by atoms with Gasteiger partial charge in [0.05, 0.1) is 6.10 Å². The molecular formula is C21H34BrNO2Si. The van der Waals surface area contributed by atoms with Gasteiger partial charge in [-0.05, 0) is 37.2 Å². The number of aromatic nitrogens is 1. The van der Waals surface area contributed by atoms with Crippen molar-refractivity contribution in [2.24, 2.45) is 5.41 Å². The third-order valence-corrected chi connectivity index (χ3v) is 10.5. The Morgan fingerprint density at radius 1 is 1.19 bits per heavy atom. The van der Waals surface area contributed by atoms with Gasteiger partial charge < -0.3 is 14.1 Å². The Morgan fingerprint density at radius 2 is 1.81 bits per heavy atom. The molecule has 0 spiro atoms. The van der Waals surface area contributed by atoms with E-state index in [2.05, 4.69) is 86.5 Å². The van der Waals surface area contributed by atoms with Gasteiger partial charge in [0.15, 0.2) is 8.32 Å². The summed E-state index contributed by atoms with van der Waals surface area (Å²) in [7, 11) is -1.76. The molecule has 2 rings (SSSR count). The van der Waals surface area contributed by atoms with Crippen molar-refractivity contribution in [1.29, 1.82) is 0 Å². The molecular weight excluding hydrogens is 406 g/mol. The zero-order valence-corrected chi connectivity index (χ0v) is 20.1. The summed E-state index contributed by atoms with van der Waals surface area (Å²) < 4.78 is 9.80. The van der Waals surface area contributed by atoms with E-state index in [9.17, 15) is 5.11 Å². The molecule has 1 atom stereocenters. The fourth-order valence-corrected chi connectivity index (χ4v) is 4.39. The first-order chi connectivity index (χ1) is 11.7. The standard InChI is InChI=1S/C21H34BrNO2Si/c1-15(24)18-12-23(19-11-16(22)9-10-17(18)19)13-21(5,6)14-25-26(7,8)20(2,3)4/h9-12,15,24H,13-14H2,1-8H3. The predicted molar refractivity (Wildman–Crippen MR) is 117 cm³/mol. The predicted octanol–water partition coefficient (Wildman–Crippen LogP) is 6.51. The van der Waals surface area contributed by atoms with Gasteiger partial charge in [-0.1, -0.05) is 56.6 Å². The molecule has 26 heavy (non-hydrogen) atoms. The fourth-order valence-electron chi connectivity index (χ4n) is 2.86. The van der Waals surface area contributed by atoms with E-state index >= 15 is 0 Å². The Kier molecular flexibility index (Phi) is 6.18. The summed E-state index contributed by atoms with van der Waals surface area (Å²) in [6, 6.07) is 6.24. The van der Waals surface area contributed by atoms with Crippen LogP contribution < -0.4 is 0 Å². The normalized spacial score (nSPS) is 14.8. The van der Waals surface area contributed by atoms with Crippen LogP contribution in [0.1, 0.15) is 53.2 Å². The minimum absolute atomic E-state index is 0.000247. The monoisotopic (exact) mass is 439 g/mol. The van der Waals surface area contributed by atoms with Crippen LogP contribution in [-0.4, -0.2) is 24.6 Å². The first-order valence-electron chi connectivity index (χ1n) is 9.34. The summed E-state index contributed by atoms with van der Waals surface area (Å²) in [5, 5.41) is 11.5. The van der Waals surface area contributed by atoms with Crippen molar-refractivity contribution >= 4 is 35.2 Å². The largest absolute Gasteiger partial charge is 0.416 e. The van der Waals surface area contributed by atoms with Crippen LogP contribution in [0, 0.1) is 5.41 Å². The molecule has 1 N–H and O–H groups in total. The van der Waals surface area contributed by atoms with Crippen LogP contribution in [0.15, 0.2) is 28.9 Å². The zero-order valence-electron chi connectivity index (χ0n) is 17.5. The number of aliphatic hydroxyl groups excluding tert-OH is 1. The molecule has 1 unspecified atom stereocenters. The van der Waals surface area contributed by atoms with Gasteiger partial charge in [-0.2, -0.15) is 0 Å². The van der Waals surface area contributed by atoms with Crippen LogP contribution >= 0.6 is 15.9 Å². The van der Waals surface area contributed by atoms with E-state index in [1.165, 1.54) is 0 Å². The minimum atomic E-state index is -1.76. The smallest absolute Gasteiger partial charge is 0.192 e. The van der Waals surface area contributed by atoms with Crippen LogP contribution in [0.4, 0.5) is 0 Å². The van der Waals surface area contributed by atoms with Gasteiger partial charge in [-0.15, -0.1) is 0 Å². The van der Waals surface area contributed by atoms with E-state index in [1.807, 2.05) is 13.0 Å². The van der Waals surface area contributed by atoms with E-state index < -0.39 is 14.4 Å². The molecule has 0 saturated heterocycles. The van der Waals surface area contributed by atoms with Crippen LogP contribution in [0.25, 0.3) is 10.9 Å². The summed E-state index contributed by atoms with van der Waals surface area (Å²) in [5.74, 6) is 0. The van der Waals surface area contributed by atoms with E-state index in [4.69, 9.17) is 4.43 Å². The van der Waals surface area contributed by atoms with E-state index in [0.29, 0.717) is 0 Å². The van der Waals surface area contributed by atoms with Crippen molar-refractivity contribution in [3.05, 3.63) is 34.4 Å². The Hall–Kier alpha value is -0.623. The second kappa shape index (κ2) is 7.42. The third kappa shape index (κ3) is 4.80. The lowest BCUT2D eigenvalue weighted by Crippen LogP contribution is -2.43. The van der Waals surface area contributed by atoms with E-state index in [-0.39, 0.29) is 10.5 Å². The van der Waals surface area contributed by atoms with Crippen molar-refractivity contribution in [3.63, 3.8) is 0 Å². The molecule has 0 aliphatic heterocycles. The average Bonchev–Trinajstić information content (AvgIpc) is 2.82.